The Morgan fingerprint density at radius 1 is 1.25 bits per heavy atom. The van der Waals surface area contributed by atoms with E-state index in [-0.39, 0.29) is 11.5 Å². The van der Waals surface area contributed by atoms with Crippen LogP contribution in [0.4, 0.5) is 5.69 Å². The zero-order valence-corrected chi connectivity index (χ0v) is 17.2. The molecule has 1 atom stereocenters. The Kier molecular flexibility index (Phi) is 7.44. The lowest BCUT2D eigenvalue weighted by atomic mass is 9.93. The van der Waals surface area contributed by atoms with Crippen LogP contribution in [0.15, 0.2) is 17.1 Å². The second kappa shape index (κ2) is 10.0. The van der Waals surface area contributed by atoms with E-state index in [9.17, 15) is 9.59 Å². The maximum absolute atomic E-state index is 12.7. The fraction of sp³-hybridized carbons (Fsp3) is 0.750. The summed E-state index contributed by atoms with van der Waals surface area (Å²) in [4.78, 5) is 31.6. The average Bonchev–Trinajstić information content (AvgIpc) is 2.73. The minimum atomic E-state index is -0.110. The second-order valence-electron chi connectivity index (χ2n) is 7.74. The first-order valence-electron chi connectivity index (χ1n) is 10.4. The second-order valence-corrected chi connectivity index (χ2v) is 7.74. The van der Waals surface area contributed by atoms with Crippen molar-refractivity contribution in [3.8, 4) is 0 Å². The number of hydrogen-bond donors (Lipinski definition) is 0. The predicted molar refractivity (Wildman–Crippen MR) is 109 cm³/mol. The summed E-state index contributed by atoms with van der Waals surface area (Å²) in [5, 5.41) is 4.27. The van der Waals surface area contributed by atoms with Gasteiger partial charge < -0.3 is 19.4 Å². The van der Waals surface area contributed by atoms with Crippen LogP contribution >= 0.6 is 0 Å². The molecule has 156 valence electrons. The van der Waals surface area contributed by atoms with E-state index in [1.165, 1.54) is 4.68 Å². The van der Waals surface area contributed by atoms with Gasteiger partial charge in [0.1, 0.15) is 0 Å². The number of likely N-dealkylation sites (N-methyl/N-ethyl adjacent to an activating group) is 1. The summed E-state index contributed by atoms with van der Waals surface area (Å²) in [5.74, 6) is 0.608. The number of aromatic nitrogens is 2. The molecule has 0 spiro atoms. The Hall–Kier alpha value is -1.93. The fourth-order valence-electron chi connectivity index (χ4n) is 4.10. The highest BCUT2D eigenvalue weighted by Crippen LogP contribution is 2.24. The van der Waals surface area contributed by atoms with Crippen molar-refractivity contribution in [1.29, 1.82) is 0 Å². The summed E-state index contributed by atoms with van der Waals surface area (Å²) in [6, 6.07) is 1.65. The van der Waals surface area contributed by atoms with Crippen molar-refractivity contribution in [2.24, 2.45) is 5.92 Å². The number of hydrogen-bond acceptors (Lipinski definition) is 6. The van der Waals surface area contributed by atoms with Crippen LogP contribution in [0, 0.1) is 5.92 Å². The molecule has 8 nitrogen and oxygen atoms in total. The molecule has 2 aliphatic heterocycles. The third kappa shape index (κ3) is 5.32. The zero-order chi connectivity index (χ0) is 19.9. The molecule has 0 radical (unpaired) electrons. The van der Waals surface area contributed by atoms with Gasteiger partial charge in [0, 0.05) is 58.9 Å². The van der Waals surface area contributed by atoms with Crippen LogP contribution < -0.4 is 10.5 Å². The number of methoxy groups -OCH3 is 1. The summed E-state index contributed by atoms with van der Waals surface area (Å²) in [6.45, 7) is 9.49. The highest BCUT2D eigenvalue weighted by molar-refractivity contribution is 5.76. The molecule has 0 saturated carbocycles. The Labute approximate surface area is 167 Å². The number of ether oxygens (including phenoxy) is 1. The summed E-state index contributed by atoms with van der Waals surface area (Å²) in [6.07, 6.45) is 4.45. The van der Waals surface area contributed by atoms with E-state index in [0.29, 0.717) is 25.5 Å². The molecule has 2 aliphatic rings. The van der Waals surface area contributed by atoms with E-state index in [1.54, 1.807) is 19.4 Å². The summed E-state index contributed by atoms with van der Waals surface area (Å²) >= 11 is 0. The van der Waals surface area contributed by atoms with Gasteiger partial charge in [-0.05, 0) is 25.3 Å². The number of carbonyl (C=O) groups is 1. The van der Waals surface area contributed by atoms with E-state index in [2.05, 4.69) is 21.8 Å². The highest BCUT2D eigenvalue weighted by atomic mass is 16.5. The van der Waals surface area contributed by atoms with Gasteiger partial charge in [-0.25, -0.2) is 4.68 Å². The first-order chi connectivity index (χ1) is 13.6. The Balaban J connectivity index is 1.54. The molecule has 2 fully saturated rings. The van der Waals surface area contributed by atoms with Crippen molar-refractivity contribution in [1.82, 2.24) is 19.6 Å². The summed E-state index contributed by atoms with van der Waals surface area (Å²) in [7, 11) is 1.61. The molecule has 0 aliphatic carbocycles. The van der Waals surface area contributed by atoms with Crippen molar-refractivity contribution in [2.75, 3.05) is 64.4 Å². The lowest BCUT2D eigenvalue weighted by Gasteiger charge is -2.37. The van der Waals surface area contributed by atoms with Crippen molar-refractivity contribution >= 4 is 11.6 Å². The lowest BCUT2D eigenvalue weighted by molar-refractivity contribution is -0.134. The molecule has 1 unspecified atom stereocenters. The molecule has 1 amide bonds. The summed E-state index contributed by atoms with van der Waals surface area (Å²) in [5.41, 5.74) is 0.744. The van der Waals surface area contributed by atoms with Gasteiger partial charge in [0.05, 0.1) is 25.0 Å². The first-order valence-corrected chi connectivity index (χ1v) is 10.4. The number of carbonyl (C=O) groups excluding carboxylic acids is 1. The van der Waals surface area contributed by atoms with Gasteiger partial charge in [-0.15, -0.1) is 0 Å². The van der Waals surface area contributed by atoms with Gasteiger partial charge in [0.25, 0.3) is 5.56 Å². The minimum Gasteiger partial charge on any atom is -0.383 e. The van der Waals surface area contributed by atoms with Gasteiger partial charge in [-0.1, -0.05) is 6.92 Å². The first kappa shape index (κ1) is 20.8. The van der Waals surface area contributed by atoms with Gasteiger partial charge in [0.2, 0.25) is 5.91 Å². The third-order valence-corrected chi connectivity index (χ3v) is 5.88. The van der Waals surface area contributed by atoms with Crippen LogP contribution in [-0.4, -0.2) is 85.0 Å². The molecular weight excluding hydrogens is 358 g/mol. The molecule has 0 bridgehead atoms. The van der Waals surface area contributed by atoms with E-state index in [0.717, 1.165) is 64.3 Å². The van der Waals surface area contributed by atoms with Crippen molar-refractivity contribution in [2.45, 2.75) is 32.7 Å². The maximum Gasteiger partial charge on any atom is 0.268 e. The molecule has 1 aromatic heterocycles. The number of nitrogens with zero attached hydrogens (tertiary/aromatic N) is 5. The maximum atomic E-state index is 12.7. The smallest absolute Gasteiger partial charge is 0.268 e. The number of amides is 1. The SMILES string of the molecule is CCN1CCN(C(=O)CC2CCCN(c3cnn(CCOC)c(=O)c3)C2)CC1. The zero-order valence-electron chi connectivity index (χ0n) is 17.2. The minimum absolute atomic E-state index is 0.110. The average molecular weight is 392 g/mol. The van der Waals surface area contributed by atoms with E-state index >= 15 is 0 Å². The quantitative estimate of drug-likeness (QED) is 0.680. The molecule has 28 heavy (non-hydrogen) atoms. The van der Waals surface area contributed by atoms with Crippen molar-refractivity contribution < 1.29 is 9.53 Å². The van der Waals surface area contributed by atoms with Gasteiger partial charge in [0.15, 0.2) is 0 Å². The molecule has 3 heterocycles. The Morgan fingerprint density at radius 3 is 2.71 bits per heavy atom. The van der Waals surface area contributed by atoms with Gasteiger partial charge >= 0.3 is 0 Å². The molecule has 0 aromatic carbocycles. The van der Waals surface area contributed by atoms with Crippen LogP contribution in [0.3, 0.4) is 0 Å². The van der Waals surface area contributed by atoms with Crippen LogP contribution in [0.5, 0.6) is 0 Å². The molecule has 1 aromatic rings. The van der Waals surface area contributed by atoms with E-state index in [1.807, 2.05) is 4.90 Å². The molecule has 8 heteroatoms. The Morgan fingerprint density at radius 2 is 2.04 bits per heavy atom. The lowest BCUT2D eigenvalue weighted by Crippen LogP contribution is -2.49. The molecule has 2 saturated heterocycles. The number of rotatable bonds is 7. The van der Waals surface area contributed by atoms with Crippen LogP contribution in [-0.2, 0) is 16.1 Å². The van der Waals surface area contributed by atoms with Crippen molar-refractivity contribution in [3.63, 3.8) is 0 Å². The van der Waals surface area contributed by atoms with E-state index in [4.69, 9.17) is 4.74 Å². The number of anilines is 1. The third-order valence-electron chi connectivity index (χ3n) is 5.88. The topological polar surface area (TPSA) is 70.9 Å². The van der Waals surface area contributed by atoms with Gasteiger partial charge in [-0.3, -0.25) is 9.59 Å². The van der Waals surface area contributed by atoms with Gasteiger partial charge in [-0.2, -0.15) is 5.10 Å². The predicted octanol–water partition coefficient (Wildman–Crippen LogP) is 0.660. The standard InChI is InChI=1S/C20H33N5O3/c1-3-22-7-9-23(10-8-22)19(26)13-17-5-4-6-24(16-17)18-14-20(27)25(21-15-18)11-12-28-2/h14-15,17H,3-13,16H2,1-2H3. The fourth-order valence-corrected chi connectivity index (χ4v) is 4.10. The normalized spacial score (nSPS) is 21.1. The summed E-state index contributed by atoms with van der Waals surface area (Å²) < 4.78 is 6.44. The number of piperazine rings is 1. The number of piperidine rings is 1. The highest BCUT2D eigenvalue weighted by Gasteiger charge is 2.26. The van der Waals surface area contributed by atoms with Crippen LogP contribution in [0.25, 0.3) is 0 Å². The van der Waals surface area contributed by atoms with Crippen LogP contribution in [0.2, 0.25) is 0 Å². The van der Waals surface area contributed by atoms with E-state index < -0.39 is 0 Å². The van der Waals surface area contributed by atoms with Crippen LogP contribution in [0.1, 0.15) is 26.2 Å². The monoisotopic (exact) mass is 391 g/mol. The Bertz CT molecular complexity index is 699. The molecule has 0 N–H and O–H groups in total. The largest absolute Gasteiger partial charge is 0.383 e. The molecule has 3 rings (SSSR count). The molecular formula is C20H33N5O3. The van der Waals surface area contributed by atoms with Crippen molar-refractivity contribution in [3.05, 3.63) is 22.6 Å².